The van der Waals surface area contributed by atoms with Crippen molar-refractivity contribution in [3.8, 4) is 0 Å². The maximum Gasteiger partial charge on any atom is 0.259 e. The molecule has 0 saturated carbocycles. The summed E-state index contributed by atoms with van der Waals surface area (Å²) in [6.07, 6.45) is 1.76. The average Bonchev–Trinajstić information content (AvgIpc) is 3.44. The zero-order valence-corrected chi connectivity index (χ0v) is 18.3. The summed E-state index contributed by atoms with van der Waals surface area (Å²) < 4.78 is 1.87. The van der Waals surface area contributed by atoms with Crippen molar-refractivity contribution >= 4 is 44.7 Å². The first-order valence-corrected chi connectivity index (χ1v) is 11.2. The molecule has 0 N–H and O–H groups in total. The van der Waals surface area contributed by atoms with Crippen LogP contribution in [0.25, 0.3) is 21.8 Å². The first-order chi connectivity index (χ1) is 15.1. The SMILES string of the molecule is CCN(C(=O)c1cc(C)nc2c1cnn2Cc1cccs1)c1ccc2ccccc2c1. The van der Waals surface area contributed by atoms with Crippen LogP contribution in [-0.2, 0) is 6.54 Å². The zero-order valence-electron chi connectivity index (χ0n) is 17.4. The topological polar surface area (TPSA) is 51.0 Å². The molecule has 0 spiro atoms. The second-order valence-corrected chi connectivity index (χ2v) is 8.54. The second kappa shape index (κ2) is 7.96. The fourth-order valence-electron chi connectivity index (χ4n) is 3.95. The van der Waals surface area contributed by atoms with E-state index in [-0.39, 0.29) is 5.91 Å². The molecule has 0 fully saturated rings. The van der Waals surface area contributed by atoms with Crippen LogP contribution in [0, 0.1) is 6.92 Å². The number of anilines is 1. The van der Waals surface area contributed by atoms with Gasteiger partial charge < -0.3 is 4.90 Å². The summed E-state index contributed by atoms with van der Waals surface area (Å²) in [6, 6.07) is 20.3. The summed E-state index contributed by atoms with van der Waals surface area (Å²) in [5.41, 5.74) is 3.07. The molecule has 31 heavy (non-hydrogen) atoms. The van der Waals surface area contributed by atoms with Crippen LogP contribution in [0.2, 0.25) is 0 Å². The number of carbonyl (C=O) groups is 1. The van der Waals surface area contributed by atoms with E-state index < -0.39 is 0 Å². The van der Waals surface area contributed by atoms with Gasteiger partial charge in [-0.15, -0.1) is 11.3 Å². The average molecular weight is 427 g/mol. The lowest BCUT2D eigenvalue weighted by Crippen LogP contribution is -2.30. The van der Waals surface area contributed by atoms with Gasteiger partial charge >= 0.3 is 0 Å². The van der Waals surface area contributed by atoms with Crippen molar-refractivity contribution in [2.75, 3.05) is 11.4 Å². The Morgan fingerprint density at radius 2 is 1.90 bits per heavy atom. The third kappa shape index (κ3) is 3.59. The maximum atomic E-state index is 13.7. The number of nitrogens with zero attached hydrogens (tertiary/aromatic N) is 4. The van der Waals surface area contributed by atoms with E-state index in [9.17, 15) is 4.79 Å². The van der Waals surface area contributed by atoms with Gasteiger partial charge in [0.05, 0.1) is 23.7 Å². The number of rotatable bonds is 5. The molecule has 0 aliphatic carbocycles. The highest BCUT2D eigenvalue weighted by Crippen LogP contribution is 2.26. The Hall–Kier alpha value is -3.51. The molecule has 0 radical (unpaired) electrons. The Labute approximate surface area is 184 Å². The summed E-state index contributed by atoms with van der Waals surface area (Å²) in [7, 11) is 0. The van der Waals surface area contributed by atoms with E-state index >= 15 is 0 Å². The highest BCUT2D eigenvalue weighted by molar-refractivity contribution is 7.09. The lowest BCUT2D eigenvalue weighted by Gasteiger charge is -2.22. The van der Waals surface area contributed by atoms with Crippen molar-refractivity contribution in [2.24, 2.45) is 0 Å². The van der Waals surface area contributed by atoms with E-state index in [0.717, 1.165) is 33.2 Å². The Morgan fingerprint density at radius 1 is 1.06 bits per heavy atom. The van der Waals surface area contributed by atoms with Crippen LogP contribution in [0.5, 0.6) is 0 Å². The molecule has 5 nitrogen and oxygen atoms in total. The molecule has 3 aromatic heterocycles. The molecule has 2 aromatic carbocycles. The molecule has 0 unspecified atom stereocenters. The number of pyridine rings is 1. The Kier molecular flexibility index (Phi) is 5.00. The summed E-state index contributed by atoms with van der Waals surface area (Å²) >= 11 is 1.69. The van der Waals surface area contributed by atoms with Crippen LogP contribution in [-0.4, -0.2) is 27.2 Å². The van der Waals surface area contributed by atoms with Crippen molar-refractivity contribution in [2.45, 2.75) is 20.4 Å². The molecular formula is C25H22N4OS. The van der Waals surface area contributed by atoms with Crippen molar-refractivity contribution in [1.29, 1.82) is 0 Å². The minimum atomic E-state index is -0.0380. The number of hydrogen-bond acceptors (Lipinski definition) is 4. The molecule has 154 valence electrons. The highest BCUT2D eigenvalue weighted by Gasteiger charge is 2.22. The third-order valence-electron chi connectivity index (χ3n) is 5.46. The van der Waals surface area contributed by atoms with Crippen molar-refractivity contribution in [3.05, 3.63) is 88.4 Å². The van der Waals surface area contributed by atoms with E-state index in [4.69, 9.17) is 4.98 Å². The van der Waals surface area contributed by atoms with E-state index in [1.54, 1.807) is 17.5 Å². The van der Waals surface area contributed by atoms with Crippen LogP contribution in [0.15, 0.2) is 72.2 Å². The minimum absolute atomic E-state index is 0.0380. The predicted molar refractivity (Wildman–Crippen MR) is 127 cm³/mol. The highest BCUT2D eigenvalue weighted by atomic mass is 32.1. The van der Waals surface area contributed by atoms with Crippen LogP contribution >= 0.6 is 11.3 Å². The van der Waals surface area contributed by atoms with Gasteiger partial charge in [-0.05, 0) is 54.3 Å². The van der Waals surface area contributed by atoms with Gasteiger partial charge in [-0.3, -0.25) is 4.79 Å². The van der Waals surface area contributed by atoms with Crippen LogP contribution in [0.1, 0.15) is 27.9 Å². The fourth-order valence-corrected chi connectivity index (χ4v) is 4.63. The first kappa shape index (κ1) is 19.5. The summed E-state index contributed by atoms with van der Waals surface area (Å²) in [6.45, 7) is 5.14. The number of amides is 1. The molecular weight excluding hydrogens is 404 g/mol. The molecule has 0 aliphatic heterocycles. The standard InChI is InChI=1S/C25H22N4OS/c1-3-28(20-11-10-18-7-4-5-8-19(18)14-20)25(30)22-13-17(2)27-24-23(22)15-26-29(24)16-21-9-6-12-31-21/h4-15H,3,16H2,1-2H3. The number of aromatic nitrogens is 3. The largest absolute Gasteiger partial charge is 0.309 e. The molecule has 0 bridgehead atoms. The van der Waals surface area contributed by atoms with Gasteiger partial charge in [0.25, 0.3) is 5.91 Å². The van der Waals surface area contributed by atoms with Gasteiger partial charge in [0, 0.05) is 22.8 Å². The lowest BCUT2D eigenvalue weighted by molar-refractivity contribution is 0.0990. The quantitative estimate of drug-likeness (QED) is 0.364. The lowest BCUT2D eigenvalue weighted by atomic mass is 10.1. The summed E-state index contributed by atoms with van der Waals surface area (Å²) in [5, 5.41) is 9.66. The monoisotopic (exact) mass is 426 g/mol. The van der Waals surface area contributed by atoms with Crippen molar-refractivity contribution in [3.63, 3.8) is 0 Å². The first-order valence-electron chi connectivity index (χ1n) is 10.3. The summed E-state index contributed by atoms with van der Waals surface area (Å²) in [4.78, 5) is 21.4. The van der Waals surface area contributed by atoms with Gasteiger partial charge in [0.1, 0.15) is 0 Å². The molecule has 5 rings (SSSR count). The van der Waals surface area contributed by atoms with E-state index in [1.807, 2.05) is 53.8 Å². The molecule has 5 aromatic rings. The maximum absolute atomic E-state index is 13.7. The summed E-state index contributed by atoms with van der Waals surface area (Å²) in [5.74, 6) is -0.0380. The van der Waals surface area contributed by atoms with Gasteiger partial charge in [-0.1, -0.05) is 36.4 Å². The number of benzene rings is 2. The van der Waals surface area contributed by atoms with Crippen molar-refractivity contribution < 1.29 is 4.79 Å². The molecule has 0 aliphatic rings. The number of carbonyl (C=O) groups excluding carboxylic acids is 1. The minimum Gasteiger partial charge on any atom is -0.309 e. The Morgan fingerprint density at radius 3 is 2.68 bits per heavy atom. The van der Waals surface area contributed by atoms with Crippen molar-refractivity contribution in [1.82, 2.24) is 14.8 Å². The number of thiophene rings is 1. The second-order valence-electron chi connectivity index (χ2n) is 7.51. The van der Waals surface area contributed by atoms with Crippen LogP contribution in [0.3, 0.4) is 0 Å². The van der Waals surface area contributed by atoms with E-state index in [0.29, 0.717) is 18.7 Å². The van der Waals surface area contributed by atoms with Crippen LogP contribution in [0.4, 0.5) is 5.69 Å². The van der Waals surface area contributed by atoms with Gasteiger partial charge in [0.15, 0.2) is 5.65 Å². The molecule has 0 atom stereocenters. The van der Waals surface area contributed by atoms with E-state index in [1.165, 1.54) is 4.88 Å². The smallest absolute Gasteiger partial charge is 0.259 e. The molecule has 1 amide bonds. The molecule has 3 heterocycles. The molecule has 6 heteroatoms. The van der Waals surface area contributed by atoms with Crippen LogP contribution < -0.4 is 4.90 Å². The third-order valence-corrected chi connectivity index (χ3v) is 6.32. The molecule has 0 saturated heterocycles. The number of hydrogen-bond donors (Lipinski definition) is 0. The zero-order chi connectivity index (χ0) is 21.4. The Bertz CT molecular complexity index is 1390. The van der Waals surface area contributed by atoms with Gasteiger partial charge in [0.2, 0.25) is 0 Å². The number of aryl methyl sites for hydroxylation is 1. The normalized spacial score (nSPS) is 11.3. The van der Waals surface area contributed by atoms with Gasteiger partial charge in [-0.2, -0.15) is 5.10 Å². The van der Waals surface area contributed by atoms with Gasteiger partial charge in [-0.25, -0.2) is 9.67 Å². The Balaban J connectivity index is 1.56. The fraction of sp³-hybridized carbons (Fsp3) is 0.160. The van der Waals surface area contributed by atoms with E-state index in [2.05, 4.69) is 40.8 Å². The predicted octanol–water partition coefficient (Wildman–Crippen LogP) is 5.67. The number of fused-ring (bicyclic) bond motifs is 2.